The molecular formula is C13H18N4O2. The Morgan fingerprint density at radius 2 is 2.16 bits per heavy atom. The summed E-state index contributed by atoms with van der Waals surface area (Å²) in [5.41, 5.74) is 7.33. The number of aromatic nitrogens is 2. The van der Waals surface area contributed by atoms with Gasteiger partial charge in [0.25, 0.3) is 0 Å². The van der Waals surface area contributed by atoms with Crippen LogP contribution in [0, 0.1) is 0 Å². The fourth-order valence-corrected chi connectivity index (χ4v) is 1.76. The highest BCUT2D eigenvalue weighted by Crippen LogP contribution is 2.21. The zero-order chi connectivity index (χ0) is 13.5. The van der Waals surface area contributed by atoms with E-state index in [2.05, 4.69) is 15.3 Å². The van der Waals surface area contributed by atoms with Crippen molar-refractivity contribution in [2.75, 3.05) is 37.4 Å². The Morgan fingerprint density at radius 1 is 1.26 bits per heavy atom. The molecule has 19 heavy (non-hydrogen) atoms. The normalized spacial score (nSPS) is 10.8. The number of nitrogens with one attached hydrogen (secondary N) is 1. The first-order chi connectivity index (χ1) is 9.31. The van der Waals surface area contributed by atoms with Gasteiger partial charge in [-0.25, -0.2) is 9.97 Å². The van der Waals surface area contributed by atoms with Gasteiger partial charge >= 0.3 is 0 Å². The van der Waals surface area contributed by atoms with Crippen LogP contribution in [0.2, 0.25) is 0 Å². The number of anilines is 2. The highest BCUT2D eigenvalue weighted by molar-refractivity contribution is 5.91. The largest absolute Gasteiger partial charge is 0.399 e. The van der Waals surface area contributed by atoms with Gasteiger partial charge in [-0.1, -0.05) is 0 Å². The molecule has 0 spiro atoms. The Bertz CT molecular complexity index is 533. The average molecular weight is 262 g/mol. The molecule has 2 aromatic rings. The predicted molar refractivity (Wildman–Crippen MR) is 75.0 cm³/mol. The number of fused-ring (bicyclic) bond motifs is 1. The summed E-state index contributed by atoms with van der Waals surface area (Å²) in [5.74, 6) is 0.777. The molecule has 4 N–H and O–H groups in total. The van der Waals surface area contributed by atoms with Gasteiger partial charge in [-0.05, 0) is 24.6 Å². The lowest BCUT2D eigenvalue weighted by molar-refractivity contribution is 0.0922. The van der Waals surface area contributed by atoms with E-state index in [4.69, 9.17) is 15.6 Å². The number of hydrogen-bond donors (Lipinski definition) is 3. The smallest absolute Gasteiger partial charge is 0.137 e. The number of aliphatic hydroxyl groups excluding tert-OH is 1. The Labute approximate surface area is 111 Å². The molecule has 0 radical (unpaired) electrons. The summed E-state index contributed by atoms with van der Waals surface area (Å²) in [7, 11) is 0. The molecule has 0 bridgehead atoms. The van der Waals surface area contributed by atoms with Crippen molar-refractivity contribution < 1.29 is 9.84 Å². The van der Waals surface area contributed by atoms with E-state index in [0.29, 0.717) is 18.9 Å². The third-order valence-corrected chi connectivity index (χ3v) is 2.65. The molecule has 2 rings (SSSR count). The maximum Gasteiger partial charge on any atom is 0.137 e. The van der Waals surface area contributed by atoms with E-state index in [0.717, 1.165) is 29.7 Å². The summed E-state index contributed by atoms with van der Waals surface area (Å²) >= 11 is 0. The fourth-order valence-electron chi connectivity index (χ4n) is 1.76. The van der Waals surface area contributed by atoms with E-state index in [1.165, 1.54) is 6.33 Å². The first-order valence-electron chi connectivity index (χ1n) is 6.24. The molecule has 0 atom stereocenters. The number of aliphatic hydroxyl groups is 1. The lowest BCUT2D eigenvalue weighted by Gasteiger charge is -2.08. The third kappa shape index (κ3) is 3.77. The number of hydrogen-bond acceptors (Lipinski definition) is 6. The lowest BCUT2D eigenvalue weighted by Crippen LogP contribution is -2.09. The fraction of sp³-hybridized carbons (Fsp3) is 0.385. The van der Waals surface area contributed by atoms with Crippen molar-refractivity contribution in [3.8, 4) is 0 Å². The summed E-state index contributed by atoms with van der Waals surface area (Å²) in [6.07, 6.45) is 2.37. The standard InChI is InChI=1S/C13H18N4O2/c14-10-2-3-12-11(8-10)13(17-9-16-12)15-4-1-6-19-7-5-18/h2-3,8-9,18H,1,4-7,14H2,(H,15,16,17). The summed E-state index contributed by atoms with van der Waals surface area (Å²) in [4.78, 5) is 8.42. The maximum absolute atomic E-state index is 8.58. The Morgan fingerprint density at radius 3 is 3.00 bits per heavy atom. The van der Waals surface area contributed by atoms with E-state index < -0.39 is 0 Å². The van der Waals surface area contributed by atoms with Crippen LogP contribution in [0.4, 0.5) is 11.5 Å². The molecule has 0 saturated carbocycles. The van der Waals surface area contributed by atoms with Crippen LogP contribution in [0.15, 0.2) is 24.5 Å². The van der Waals surface area contributed by atoms with Crippen molar-refractivity contribution in [2.24, 2.45) is 0 Å². The zero-order valence-corrected chi connectivity index (χ0v) is 10.7. The summed E-state index contributed by atoms with van der Waals surface area (Å²) in [5, 5.41) is 12.7. The second kappa shape index (κ2) is 6.86. The Balaban J connectivity index is 1.95. The van der Waals surface area contributed by atoms with Crippen molar-refractivity contribution in [1.29, 1.82) is 0 Å². The molecule has 0 saturated heterocycles. The summed E-state index contributed by atoms with van der Waals surface area (Å²) in [6, 6.07) is 5.56. The maximum atomic E-state index is 8.58. The van der Waals surface area contributed by atoms with Crippen molar-refractivity contribution in [3.63, 3.8) is 0 Å². The van der Waals surface area contributed by atoms with Gasteiger partial charge < -0.3 is 20.9 Å². The minimum Gasteiger partial charge on any atom is -0.399 e. The first-order valence-corrected chi connectivity index (χ1v) is 6.24. The molecule has 0 aliphatic heterocycles. The van der Waals surface area contributed by atoms with E-state index >= 15 is 0 Å². The van der Waals surface area contributed by atoms with Crippen molar-refractivity contribution in [3.05, 3.63) is 24.5 Å². The number of nitrogen functional groups attached to an aromatic ring is 1. The molecular weight excluding hydrogens is 244 g/mol. The van der Waals surface area contributed by atoms with Crippen LogP contribution in [0.3, 0.4) is 0 Å². The van der Waals surface area contributed by atoms with Crippen LogP contribution in [0.25, 0.3) is 10.9 Å². The Hall–Kier alpha value is -1.92. The van der Waals surface area contributed by atoms with Gasteiger partial charge in [0.05, 0.1) is 18.7 Å². The minimum absolute atomic E-state index is 0.0588. The lowest BCUT2D eigenvalue weighted by atomic mass is 10.2. The van der Waals surface area contributed by atoms with E-state index in [9.17, 15) is 0 Å². The second-order valence-corrected chi connectivity index (χ2v) is 4.12. The number of nitrogens with two attached hydrogens (primary N) is 1. The molecule has 102 valence electrons. The second-order valence-electron chi connectivity index (χ2n) is 4.12. The topological polar surface area (TPSA) is 93.3 Å². The van der Waals surface area contributed by atoms with Gasteiger partial charge in [-0.2, -0.15) is 0 Å². The molecule has 0 unspecified atom stereocenters. The number of rotatable bonds is 7. The van der Waals surface area contributed by atoms with E-state index in [1.54, 1.807) is 0 Å². The van der Waals surface area contributed by atoms with E-state index in [-0.39, 0.29) is 6.61 Å². The van der Waals surface area contributed by atoms with Crippen molar-refractivity contribution >= 4 is 22.4 Å². The Kier molecular flexibility index (Phi) is 4.88. The summed E-state index contributed by atoms with van der Waals surface area (Å²) < 4.78 is 5.18. The van der Waals surface area contributed by atoms with Crippen LogP contribution in [0.5, 0.6) is 0 Å². The van der Waals surface area contributed by atoms with Gasteiger partial charge in [-0.3, -0.25) is 0 Å². The average Bonchev–Trinajstić information content (AvgIpc) is 2.43. The summed E-state index contributed by atoms with van der Waals surface area (Å²) in [6.45, 7) is 1.79. The third-order valence-electron chi connectivity index (χ3n) is 2.65. The highest BCUT2D eigenvalue weighted by Gasteiger charge is 2.03. The molecule has 1 aromatic heterocycles. The van der Waals surface area contributed by atoms with Crippen LogP contribution < -0.4 is 11.1 Å². The predicted octanol–water partition coefficient (Wildman–Crippen LogP) is 1.02. The number of nitrogens with zero attached hydrogens (tertiary/aromatic N) is 2. The van der Waals surface area contributed by atoms with Gasteiger partial charge in [0.1, 0.15) is 12.1 Å². The molecule has 0 amide bonds. The zero-order valence-electron chi connectivity index (χ0n) is 10.7. The highest BCUT2D eigenvalue weighted by atomic mass is 16.5. The molecule has 6 nitrogen and oxygen atoms in total. The molecule has 1 heterocycles. The van der Waals surface area contributed by atoms with Crippen LogP contribution in [-0.4, -0.2) is 41.4 Å². The number of benzene rings is 1. The molecule has 6 heteroatoms. The molecule has 0 aliphatic carbocycles. The van der Waals surface area contributed by atoms with Crippen molar-refractivity contribution in [2.45, 2.75) is 6.42 Å². The quantitative estimate of drug-likeness (QED) is 0.509. The molecule has 0 aliphatic rings. The first kappa shape index (κ1) is 13.5. The van der Waals surface area contributed by atoms with Crippen LogP contribution in [0.1, 0.15) is 6.42 Å². The molecule has 0 fully saturated rings. The van der Waals surface area contributed by atoms with Gasteiger partial charge in [0.15, 0.2) is 0 Å². The van der Waals surface area contributed by atoms with Gasteiger partial charge in [-0.15, -0.1) is 0 Å². The van der Waals surface area contributed by atoms with Crippen LogP contribution in [-0.2, 0) is 4.74 Å². The van der Waals surface area contributed by atoms with Gasteiger partial charge in [0, 0.05) is 24.2 Å². The molecule has 1 aromatic carbocycles. The monoisotopic (exact) mass is 262 g/mol. The van der Waals surface area contributed by atoms with Gasteiger partial charge in [0.2, 0.25) is 0 Å². The minimum atomic E-state index is 0.0588. The van der Waals surface area contributed by atoms with E-state index in [1.807, 2.05) is 18.2 Å². The van der Waals surface area contributed by atoms with Crippen LogP contribution >= 0.6 is 0 Å². The van der Waals surface area contributed by atoms with Crippen molar-refractivity contribution in [1.82, 2.24) is 9.97 Å². The SMILES string of the molecule is Nc1ccc2ncnc(NCCCOCCO)c2c1. The number of ether oxygens (including phenoxy) is 1.